The number of hydrogen-bond acceptors (Lipinski definition) is 6. The van der Waals surface area contributed by atoms with Crippen LogP contribution in [0.4, 0.5) is 0 Å². The van der Waals surface area contributed by atoms with Gasteiger partial charge in [-0.3, -0.25) is 4.98 Å². The first kappa shape index (κ1) is 17.3. The predicted molar refractivity (Wildman–Crippen MR) is 87.8 cm³/mol. The first-order chi connectivity index (χ1) is 10.1. The van der Waals surface area contributed by atoms with E-state index in [0.29, 0.717) is 23.8 Å². The van der Waals surface area contributed by atoms with Gasteiger partial charge in [-0.05, 0) is 18.6 Å². The van der Waals surface area contributed by atoms with Crippen molar-refractivity contribution in [3.05, 3.63) is 41.3 Å². The van der Waals surface area contributed by atoms with Crippen molar-refractivity contribution in [3.63, 3.8) is 0 Å². The lowest BCUT2D eigenvalue weighted by Gasteiger charge is -2.34. The van der Waals surface area contributed by atoms with Crippen LogP contribution in [0.15, 0.2) is 34.9 Å². The molecule has 3 heterocycles. The number of pyridine rings is 1. The summed E-state index contributed by atoms with van der Waals surface area (Å²) in [6.45, 7) is 3.48. The fourth-order valence-corrected chi connectivity index (χ4v) is 5.26. The van der Waals surface area contributed by atoms with E-state index in [4.69, 9.17) is 0 Å². The zero-order valence-corrected chi connectivity index (χ0v) is 14.4. The summed E-state index contributed by atoms with van der Waals surface area (Å²) in [7, 11) is -3.52. The summed E-state index contributed by atoms with van der Waals surface area (Å²) in [6, 6.07) is 3.50. The van der Waals surface area contributed by atoms with Gasteiger partial charge in [0.2, 0.25) is 0 Å². The van der Waals surface area contributed by atoms with E-state index < -0.39 is 10.0 Å². The summed E-state index contributed by atoms with van der Waals surface area (Å²) in [5.41, 5.74) is 0.898. The molecule has 0 spiro atoms. The van der Waals surface area contributed by atoms with E-state index in [2.05, 4.69) is 15.3 Å². The molecule has 0 saturated carbocycles. The number of nitrogens with zero attached hydrogens (tertiary/aromatic N) is 3. The van der Waals surface area contributed by atoms with Crippen LogP contribution in [-0.4, -0.2) is 42.3 Å². The van der Waals surface area contributed by atoms with Crippen LogP contribution in [0, 0.1) is 6.92 Å². The molecule has 22 heavy (non-hydrogen) atoms. The minimum Gasteiger partial charge on any atom is -0.313 e. The molecule has 0 radical (unpaired) electrons. The molecule has 1 unspecified atom stereocenters. The molecule has 0 aromatic carbocycles. The average Bonchev–Trinajstić information content (AvgIpc) is 2.95. The number of hydrogen-bond donors (Lipinski definition) is 1. The van der Waals surface area contributed by atoms with Gasteiger partial charge in [0.1, 0.15) is 0 Å². The number of rotatable bonds is 3. The highest BCUT2D eigenvalue weighted by Gasteiger charge is 2.35. The molecule has 0 bridgehead atoms. The fraction of sp³-hybridized carbons (Fsp3) is 0.385. The number of piperazine rings is 1. The smallest absolute Gasteiger partial charge is 0.254 e. The summed E-state index contributed by atoms with van der Waals surface area (Å²) in [5, 5.41) is 4.00. The molecule has 0 aliphatic carbocycles. The molecule has 2 aromatic heterocycles. The molecule has 6 nitrogen and oxygen atoms in total. The Labute approximate surface area is 140 Å². The van der Waals surface area contributed by atoms with Gasteiger partial charge in [0.15, 0.2) is 4.21 Å². The van der Waals surface area contributed by atoms with Crippen LogP contribution < -0.4 is 5.32 Å². The minimum atomic E-state index is -3.52. The lowest BCUT2D eigenvalue weighted by molar-refractivity contribution is 0.271. The molecule has 9 heteroatoms. The maximum atomic E-state index is 12.8. The maximum Gasteiger partial charge on any atom is 0.254 e. The molecule has 1 N–H and O–H groups in total. The van der Waals surface area contributed by atoms with Crippen LogP contribution >= 0.6 is 23.7 Å². The Balaban J connectivity index is 0.00000176. The molecule has 3 rings (SSSR count). The Morgan fingerprint density at radius 1 is 1.41 bits per heavy atom. The summed E-state index contributed by atoms with van der Waals surface area (Å²) < 4.78 is 27.5. The second kappa shape index (κ2) is 7.01. The Hall–Kier alpha value is -1.06. The summed E-state index contributed by atoms with van der Waals surface area (Å²) in [5.74, 6) is 0. The average molecular weight is 361 g/mol. The predicted octanol–water partition coefficient (Wildman–Crippen LogP) is 1.60. The standard InChI is InChI=1S/C13H16N4O2S2.ClH/c1-10-16-9-13(20-10)21(18,19)17-6-5-15-8-12(17)11-3-2-4-14-7-11;/h2-4,7,9,12,15H,5-6,8H2,1H3;1H. The first-order valence-corrected chi connectivity index (χ1v) is 8.89. The fourth-order valence-electron chi connectivity index (χ4n) is 2.41. The monoisotopic (exact) mass is 360 g/mol. The maximum absolute atomic E-state index is 12.8. The number of aryl methyl sites for hydroxylation is 1. The molecular weight excluding hydrogens is 344 g/mol. The van der Waals surface area contributed by atoms with Gasteiger partial charge in [-0.1, -0.05) is 6.07 Å². The highest BCUT2D eigenvalue weighted by Crippen LogP contribution is 2.30. The van der Waals surface area contributed by atoms with Crippen molar-refractivity contribution >= 4 is 33.8 Å². The minimum absolute atomic E-state index is 0. The van der Waals surface area contributed by atoms with Crippen LogP contribution in [-0.2, 0) is 10.0 Å². The zero-order valence-electron chi connectivity index (χ0n) is 12.0. The van der Waals surface area contributed by atoms with E-state index in [9.17, 15) is 8.42 Å². The molecule has 1 atom stereocenters. The van der Waals surface area contributed by atoms with Gasteiger partial charge in [0.05, 0.1) is 17.2 Å². The van der Waals surface area contributed by atoms with Gasteiger partial charge in [0.25, 0.3) is 10.0 Å². The van der Waals surface area contributed by atoms with E-state index in [-0.39, 0.29) is 18.4 Å². The molecule has 1 aliphatic rings. The van der Waals surface area contributed by atoms with Crippen LogP contribution in [0.2, 0.25) is 0 Å². The summed E-state index contributed by atoms with van der Waals surface area (Å²) in [6.07, 6.45) is 4.85. The highest BCUT2D eigenvalue weighted by atomic mass is 35.5. The second-order valence-electron chi connectivity index (χ2n) is 4.82. The molecule has 120 valence electrons. The van der Waals surface area contributed by atoms with E-state index in [1.54, 1.807) is 23.6 Å². The van der Waals surface area contributed by atoms with E-state index in [1.165, 1.54) is 17.5 Å². The molecule has 1 saturated heterocycles. The summed E-state index contributed by atoms with van der Waals surface area (Å²) in [4.78, 5) is 8.15. The zero-order chi connectivity index (χ0) is 14.9. The molecular formula is C13H17ClN4O2S2. The second-order valence-corrected chi connectivity index (χ2v) is 8.17. The normalized spacial score (nSPS) is 19.6. The molecule has 1 fully saturated rings. The van der Waals surface area contributed by atoms with Crippen molar-refractivity contribution in [1.82, 2.24) is 19.6 Å². The Morgan fingerprint density at radius 3 is 2.86 bits per heavy atom. The Bertz CT molecular complexity index is 721. The topological polar surface area (TPSA) is 75.2 Å². The lowest BCUT2D eigenvalue weighted by atomic mass is 10.1. The van der Waals surface area contributed by atoms with E-state index in [1.807, 2.05) is 12.1 Å². The number of nitrogens with one attached hydrogen (secondary N) is 1. The van der Waals surface area contributed by atoms with Gasteiger partial charge in [-0.15, -0.1) is 23.7 Å². The molecule has 1 aliphatic heterocycles. The van der Waals surface area contributed by atoms with Crippen molar-refractivity contribution in [3.8, 4) is 0 Å². The number of aromatic nitrogens is 2. The molecule has 2 aromatic rings. The third-order valence-corrected chi connectivity index (χ3v) is 6.68. The van der Waals surface area contributed by atoms with Crippen molar-refractivity contribution in [2.75, 3.05) is 19.6 Å². The number of sulfonamides is 1. The lowest BCUT2D eigenvalue weighted by Crippen LogP contribution is -2.48. The number of thiazole rings is 1. The van der Waals surface area contributed by atoms with Crippen molar-refractivity contribution in [2.45, 2.75) is 17.2 Å². The van der Waals surface area contributed by atoms with Crippen LogP contribution in [0.5, 0.6) is 0 Å². The summed E-state index contributed by atoms with van der Waals surface area (Å²) >= 11 is 1.21. The third kappa shape index (κ3) is 3.31. The number of halogens is 1. The van der Waals surface area contributed by atoms with E-state index in [0.717, 1.165) is 10.6 Å². The Kier molecular flexibility index (Phi) is 5.51. The van der Waals surface area contributed by atoms with Crippen molar-refractivity contribution < 1.29 is 8.42 Å². The van der Waals surface area contributed by atoms with Crippen LogP contribution in [0.25, 0.3) is 0 Å². The van der Waals surface area contributed by atoms with Crippen molar-refractivity contribution in [2.24, 2.45) is 0 Å². The van der Waals surface area contributed by atoms with Crippen LogP contribution in [0.1, 0.15) is 16.6 Å². The van der Waals surface area contributed by atoms with Gasteiger partial charge >= 0.3 is 0 Å². The van der Waals surface area contributed by atoms with E-state index >= 15 is 0 Å². The van der Waals surface area contributed by atoms with Crippen LogP contribution in [0.3, 0.4) is 0 Å². The first-order valence-electron chi connectivity index (χ1n) is 6.64. The van der Waals surface area contributed by atoms with Crippen molar-refractivity contribution in [1.29, 1.82) is 0 Å². The largest absolute Gasteiger partial charge is 0.313 e. The SMILES string of the molecule is Cc1ncc(S(=O)(=O)N2CCNCC2c2cccnc2)s1.Cl. The van der Waals surface area contributed by atoms with Gasteiger partial charge in [-0.2, -0.15) is 4.31 Å². The van der Waals surface area contributed by atoms with Gasteiger partial charge in [0, 0.05) is 32.0 Å². The van der Waals surface area contributed by atoms with Gasteiger partial charge in [-0.25, -0.2) is 13.4 Å². The third-order valence-electron chi connectivity index (χ3n) is 3.43. The Morgan fingerprint density at radius 2 is 2.23 bits per heavy atom. The molecule has 0 amide bonds. The van der Waals surface area contributed by atoms with Gasteiger partial charge < -0.3 is 5.32 Å². The quantitative estimate of drug-likeness (QED) is 0.899. The highest BCUT2D eigenvalue weighted by molar-refractivity contribution is 7.91.